The van der Waals surface area contributed by atoms with E-state index in [-0.39, 0.29) is 18.9 Å². The molecule has 0 aliphatic carbocycles. The van der Waals surface area contributed by atoms with E-state index in [9.17, 15) is 14.4 Å². The molecule has 0 bridgehead atoms. The number of hydrogen-bond acceptors (Lipinski definition) is 4. The third kappa shape index (κ3) is 5.22. The van der Waals surface area contributed by atoms with Crippen molar-refractivity contribution in [2.24, 2.45) is 11.7 Å². The lowest BCUT2D eigenvalue weighted by Gasteiger charge is -2.31. The number of nitrogens with two attached hydrogens (primary N) is 1. The summed E-state index contributed by atoms with van der Waals surface area (Å²) in [5.41, 5.74) is 6.05. The van der Waals surface area contributed by atoms with Gasteiger partial charge in [-0.15, -0.1) is 0 Å². The van der Waals surface area contributed by atoms with Gasteiger partial charge >= 0.3 is 5.97 Å². The van der Waals surface area contributed by atoms with Gasteiger partial charge in [-0.1, -0.05) is 67.6 Å². The summed E-state index contributed by atoms with van der Waals surface area (Å²) >= 11 is 0. The van der Waals surface area contributed by atoms with Gasteiger partial charge in [0, 0.05) is 0 Å². The number of nitrogens with one attached hydrogen (secondary N) is 1. The van der Waals surface area contributed by atoms with Gasteiger partial charge in [-0.2, -0.15) is 0 Å². The average molecular weight is 396 g/mol. The molecule has 0 aromatic heterocycles. The van der Waals surface area contributed by atoms with E-state index in [2.05, 4.69) is 5.32 Å². The van der Waals surface area contributed by atoms with Crippen LogP contribution < -0.4 is 11.1 Å². The van der Waals surface area contributed by atoms with Crippen molar-refractivity contribution >= 4 is 17.8 Å². The minimum atomic E-state index is -1.04. The summed E-state index contributed by atoms with van der Waals surface area (Å²) in [7, 11) is 0. The van der Waals surface area contributed by atoms with Gasteiger partial charge in [0.2, 0.25) is 11.8 Å². The molecule has 2 aromatic carbocycles. The zero-order valence-electron chi connectivity index (χ0n) is 17.1. The first kappa shape index (κ1) is 22.1. The van der Waals surface area contributed by atoms with Gasteiger partial charge in [0.05, 0.1) is 17.9 Å². The molecule has 2 atom stereocenters. The summed E-state index contributed by atoms with van der Waals surface area (Å²) in [4.78, 5) is 37.4. The Morgan fingerprint density at radius 3 is 1.90 bits per heavy atom. The topological polar surface area (TPSA) is 98.5 Å². The maximum Gasteiger partial charge on any atom is 0.308 e. The number of carbonyl (C=O) groups excluding carboxylic acids is 3. The Labute approximate surface area is 171 Å². The zero-order valence-corrected chi connectivity index (χ0v) is 17.1. The second-order valence-electron chi connectivity index (χ2n) is 7.17. The van der Waals surface area contributed by atoms with Gasteiger partial charge in [0.25, 0.3) is 0 Å². The normalized spacial score (nSPS) is 13.2. The number of rotatable bonds is 9. The number of benzene rings is 2. The molecular weight excluding hydrogens is 368 g/mol. The van der Waals surface area contributed by atoms with Crippen LogP contribution >= 0.6 is 0 Å². The summed E-state index contributed by atoms with van der Waals surface area (Å²) in [6.45, 7) is 5.41. The minimum Gasteiger partial charge on any atom is -0.466 e. The highest BCUT2D eigenvalue weighted by molar-refractivity contribution is 5.95. The molecule has 0 aliphatic rings. The second kappa shape index (κ2) is 9.87. The van der Waals surface area contributed by atoms with E-state index >= 15 is 0 Å². The van der Waals surface area contributed by atoms with Crippen LogP contribution in [0.2, 0.25) is 0 Å². The van der Waals surface area contributed by atoms with E-state index in [1.54, 1.807) is 20.8 Å². The van der Waals surface area contributed by atoms with E-state index in [4.69, 9.17) is 10.5 Å². The van der Waals surface area contributed by atoms with Crippen molar-refractivity contribution in [1.82, 2.24) is 5.32 Å². The highest BCUT2D eigenvalue weighted by Gasteiger charge is 2.39. The third-order valence-electron chi connectivity index (χ3n) is 5.08. The molecule has 3 N–H and O–H groups in total. The van der Waals surface area contributed by atoms with Crippen LogP contribution in [0, 0.1) is 5.92 Å². The van der Waals surface area contributed by atoms with Crippen molar-refractivity contribution in [2.75, 3.05) is 6.61 Å². The maximum absolute atomic E-state index is 13.4. The number of hydrogen-bond donors (Lipinski definition) is 2. The van der Waals surface area contributed by atoms with E-state index in [1.165, 1.54) is 0 Å². The lowest BCUT2D eigenvalue weighted by molar-refractivity contribution is -0.148. The molecule has 6 nitrogen and oxygen atoms in total. The van der Waals surface area contributed by atoms with Crippen molar-refractivity contribution < 1.29 is 19.1 Å². The number of esters is 1. The Kier molecular flexibility index (Phi) is 7.53. The molecule has 0 saturated carbocycles. The van der Waals surface area contributed by atoms with Gasteiger partial charge in [-0.3, -0.25) is 14.4 Å². The Morgan fingerprint density at radius 1 is 1.00 bits per heavy atom. The summed E-state index contributed by atoms with van der Waals surface area (Å²) in [5, 5.41) is 2.76. The first-order chi connectivity index (χ1) is 13.8. The molecule has 6 heteroatoms. The first-order valence-electron chi connectivity index (χ1n) is 9.68. The molecule has 0 aliphatic heterocycles. The molecule has 2 rings (SSSR count). The summed E-state index contributed by atoms with van der Waals surface area (Å²) in [5.74, 6) is -2.07. The number of primary amides is 1. The van der Waals surface area contributed by atoms with Gasteiger partial charge in [-0.25, -0.2) is 0 Å². The zero-order chi connectivity index (χ0) is 21.4. The van der Waals surface area contributed by atoms with Crippen molar-refractivity contribution in [3.8, 4) is 0 Å². The molecule has 154 valence electrons. The fraction of sp³-hybridized carbons (Fsp3) is 0.348. The van der Waals surface area contributed by atoms with Crippen LogP contribution in [0.25, 0.3) is 0 Å². The molecule has 0 spiro atoms. The highest BCUT2D eigenvalue weighted by Crippen LogP contribution is 2.32. The van der Waals surface area contributed by atoms with Crippen molar-refractivity contribution in [1.29, 1.82) is 0 Å². The lowest BCUT2D eigenvalue weighted by atomic mass is 9.75. The number of amides is 2. The SMILES string of the molecule is CCOC(=O)[C@@H](C)C[C@@H](NC(=O)C(C)(c1ccccc1)c1ccccc1)C(N)=O. The van der Waals surface area contributed by atoms with Gasteiger partial charge in [0.15, 0.2) is 0 Å². The van der Waals surface area contributed by atoms with Crippen LogP contribution in [0.3, 0.4) is 0 Å². The highest BCUT2D eigenvalue weighted by atomic mass is 16.5. The predicted octanol–water partition coefficient (Wildman–Crippen LogP) is 2.55. The molecule has 29 heavy (non-hydrogen) atoms. The smallest absolute Gasteiger partial charge is 0.308 e. The Bertz CT molecular complexity index is 797. The molecule has 2 aromatic rings. The largest absolute Gasteiger partial charge is 0.466 e. The van der Waals surface area contributed by atoms with Crippen LogP contribution in [0.15, 0.2) is 60.7 Å². The van der Waals surface area contributed by atoms with Crippen molar-refractivity contribution in [3.63, 3.8) is 0 Å². The molecule has 2 amide bonds. The first-order valence-corrected chi connectivity index (χ1v) is 9.68. The van der Waals surface area contributed by atoms with Crippen molar-refractivity contribution in [3.05, 3.63) is 71.8 Å². The standard InChI is InChI=1S/C23H28N2O4/c1-4-29-21(27)16(2)15-19(20(24)26)25-22(28)23(3,17-11-7-5-8-12-17)18-13-9-6-10-14-18/h5-14,16,19H,4,15H2,1-3H3,(H2,24,26)(H,25,28)/t16-,19+/m0/s1. The van der Waals surface area contributed by atoms with Crippen LogP contribution in [-0.4, -0.2) is 30.4 Å². The summed E-state index contributed by atoms with van der Waals surface area (Å²) in [6.07, 6.45) is 0.0690. The molecule has 0 unspecified atom stereocenters. The molecule has 0 fully saturated rings. The van der Waals surface area contributed by atoms with Crippen molar-refractivity contribution in [2.45, 2.75) is 38.6 Å². The molecule has 0 radical (unpaired) electrons. The quantitative estimate of drug-likeness (QED) is 0.637. The van der Waals surface area contributed by atoms with E-state index < -0.39 is 29.3 Å². The van der Waals surface area contributed by atoms with Crippen LogP contribution in [-0.2, 0) is 24.5 Å². The van der Waals surface area contributed by atoms with Gasteiger partial charge in [-0.05, 0) is 31.4 Å². The number of ether oxygens (including phenoxy) is 1. The summed E-state index contributed by atoms with van der Waals surface area (Å²) < 4.78 is 4.99. The van der Waals surface area contributed by atoms with Crippen LogP contribution in [0.5, 0.6) is 0 Å². The fourth-order valence-electron chi connectivity index (χ4n) is 3.25. The number of carbonyl (C=O) groups is 3. The average Bonchev–Trinajstić information content (AvgIpc) is 2.73. The van der Waals surface area contributed by atoms with E-state index in [1.807, 2.05) is 60.7 Å². The Balaban J connectivity index is 2.33. The van der Waals surface area contributed by atoms with Crippen LogP contribution in [0.4, 0.5) is 0 Å². The Hall–Kier alpha value is -3.15. The second-order valence-corrected chi connectivity index (χ2v) is 7.17. The fourth-order valence-corrected chi connectivity index (χ4v) is 3.25. The molecular formula is C23H28N2O4. The Morgan fingerprint density at radius 2 is 1.48 bits per heavy atom. The predicted molar refractivity (Wildman–Crippen MR) is 111 cm³/mol. The molecule has 0 saturated heterocycles. The molecule has 0 heterocycles. The monoisotopic (exact) mass is 396 g/mol. The summed E-state index contributed by atoms with van der Waals surface area (Å²) in [6, 6.07) is 17.7. The van der Waals surface area contributed by atoms with Gasteiger partial charge in [0.1, 0.15) is 6.04 Å². The maximum atomic E-state index is 13.4. The van der Waals surface area contributed by atoms with E-state index in [0.29, 0.717) is 0 Å². The third-order valence-corrected chi connectivity index (χ3v) is 5.08. The van der Waals surface area contributed by atoms with E-state index in [0.717, 1.165) is 11.1 Å². The minimum absolute atomic E-state index is 0.0690. The van der Waals surface area contributed by atoms with Crippen LogP contribution in [0.1, 0.15) is 38.3 Å². The van der Waals surface area contributed by atoms with Gasteiger partial charge < -0.3 is 15.8 Å². The lowest BCUT2D eigenvalue weighted by Crippen LogP contribution is -2.52.